The van der Waals surface area contributed by atoms with Crippen molar-refractivity contribution < 1.29 is 9.59 Å². The molecule has 0 fully saturated rings. The van der Waals surface area contributed by atoms with E-state index in [1.54, 1.807) is 42.2 Å². The molecule has 0 bridgehead atoms. The second-order valence-corrected chi connectivity index (χ2v) is 9.04. The van der Waals surface area contributed by atoms with Crippen LogP contribution in [0.2, 0.25) is 15.1 Å². The van der Waals surface area contributed by atoms with Gasteiger partial charge in [-0.1, -0.05) is 59.9 Å². The Bertz CT molecular complexity index is 842. The molecule has 2 rings (SSSR count). The lowest BCUT2D eigenvalue weighted by Gasteiger charge is -2.28. The largest absolute Gasteiger partial charge is 0.354 e. The summed E-state index contributed by atoms with van der Waals surface area (Å²) in [6.07, 6.45) is 0.831. The minimum absolute atomic E-state index is 0.128. The molecule has 0 spiro atoms. The maximum absolute atomic E-state index is 13.0. The molecule has 8 heteroatoms. The van der Waals surface area contributed by atoms with Crippen molar-refractivity contribution in [2.45, 2.75) is 38.6 Å². The molecule has 0 aliphatic rings. The van der Waals surface area contributed by atoms with Gasteiger partial charge in [0.25, 0.3) is 0 Å². The molecule has 1 N–H and O–H groups in total. The van der Waals surface area contributed by atoms with Gasteiger partial charge in [0.05, 0.1) is 5.75 Å². The first-order valence-electron chi connectivity index (χ1n) is 9.65. The number of carbonyl (C=O) groups is 2. The van der Waals surface area contributed by atoms with Crippen molar-refractivity contribution in [3.05, 3.63) is 68.7 Å². The van der Waals surface area contributed by atoms with Crippen molar-refractivity contribution in [3.8, 4) is 0 Å². The fourth-order valence-corrected chi connectivity index (χ4v) is 4.53. The average Bonchev–Trinajstić information content (AvgIpc) is 2.73. The smallest absolute Gasteiger partial charge is 0.242 e. The van der Waals surface area contributed by atoms with Crippen LogP contribution >= 0.6 is 46.6 Å². The number of amides is 2. The van der Waals surface area contributed by atoms with Gasteiger partial charge in [0.15, 0.2) is 0 Å². The van der Waals surface area contributed by atoms with E-state index >= 15 is 0 Å². The highest BCUT2D eigenvalue weighted by atomic mass is 35.5. The Morgan fingerprint density at radius 1 is 1.07 bits per heavy atom. The van der Waals surface area contributed by atoms with Crippen molar-refractivity contribution in [1.82, 2.24) is 10.2 Å². The van der Waals surface area contributed by atoms with Crippen molar-refractivity contribution in [2.24, 2.45) is 0 Å². The van der Waals surface area contributed by atoms with E-state index in [1.807, 2.05) is 19.1 Å². The van der Waals surface area contributed by atoms with Gasteiger partial charge in [-0.25, -0.2) is 0 Å². The number of rotatable bonds is 10. The summed E-state index contributed by atoms with van der Waals surface area (Å²) < 4.78 is 0. The van der Waals surface area contributed by atoms with Crippen LogP contribution in [0, 0.1) is 0 Å². The third-order valence-electron chi connectivity index (χ3n) is 4.52. The van der Waals surface area contributed by atoms with Crippen molar-refractivity contribution >= 4 is 58.4 Å². The number of hydrogen-bond acceptors (Lipinski definition) is 3. The van der Waals surface area contributed by atoms with Gasteiger partial charge in [0.1, 0.15) is 6.04 Å². The minimum Gasteiger partial charge on any atom is -0.354 e. The van der Waals surface area contributed by atoms with E-state index < -0.39 is 6.04 Å². The zero-order chi connectivity index (χ0) is 22.1. The van der Waals surface area contributed by atoms with Gasteiger partial charge in [0.2, 0.25) is 11.8 Å². The lowest BCUT2D eigenvalue weighted by Crippen LogP contribution is -2.48. The second kappa shape index (κ2) is 12.5. The van der Waals surface area contributed by atoms with Crippen LogP contribution in [0.5, 0.6) is 0 Å². The molecule has 162 valence electrons. The van der Waals surface area contributed by atoms with Gasteiger partial charge < -0.3 is 10.2 Å². The van der Waals surface area contributed by atoms with E-state index in [1.165, 1.54) is 11.8 Å². The molecule has 0 radical (unpaired) electrons. The van der Waals surface area contributed by atoms with Crippen molar-refractivity contribution in [2.75, 3.05) is 12.3 Å². The summed E-state index contributed by atoms with van der Waals surface area (Å²) in [5, 5.41) is 4.64. The number of benzene rings is 2. The fourth-order valence-electron chi connectivity index (χ4n) is 2.76. The van der Waals surface area contributed by atoms with Gasteiger partial charge in [-0.2, -0.15) is 0 Å². The van der Waals surface area contributed by atoms with Crippen LogP contribution in [-0.2, 0) is 21.9 Å². The van der Waals surface area contributed by atoms with E-state index in [2.05, 4.69) is 5.32 Å². The first-order valence-corrected chi connectivity index (χ1v) is 11.9. The molecule has 0 saturated heterocycles. The Morgan fingerprint density at radius 3 is 2.30 bits per heavy atom. The van der Waals surface area contributed by atoms with Gasteiger partial charge in [-0.15, -0.1) is 11.8 Å². The molecular weight excluding hydrogens is 463 g/mol. The lowest BCUT2D eigenvalue weighted by molar-refractivity contribution is -0.138. The highest BCUT2D eigenvalue weighted by Crippen LogP contribution is 2.28. The molecule has 0 heterocycles. The zero-order valence-electron chi connectivity index (χ0n) is 17.0. The molecule has 0 unspecified atom stereocenters. The molecule has 0 aromatic heterocycles. The predicted octanol–water partition coefficient (Wildman–Crippen LogP) is 5.82. The van der Waals surface area contributed by atoms with Gasteiger partial charge in [-0.05, 0) is 48.7 Å². The number of nitrogens with one attached hydrogen (secondary N) is 1. The molecule has 1 atom stereocenters. The summed E-state index contributed by atoms with van der Waals surface area (Å²) >= 11 is 19.8. The normalized spacial score (nSPS) is 11.8. The highest BCUT2D eigenvalue weighted by Gasteiger charge is 2.26. The summed E-state index contributed by atoms with van der Waals surface area (Å²) in [4.78, 5) is 27.1. The summed E-state index contributed by atoms with van der Waals surface area (Å²) in [6, 6.07) is 12.0. The van der Waals surface area contributed by atoms with E-state index in [0.717, 1.165) is 17.5 Å². The summed E-state index contributed by atoms with van der Waals surface area (Å²) in [6.45, 7) is 4.63. The van der Waals surface area contributed by atoms with Gasteiger partial charge >= 0.3 is 0 Å². The lowest BCUT2D eigenvalue weighted by atomic mass is 10.1. The molecular formula is C22H25Cl3N2O2S. The Balaban J connectivity index is 2.08. The predicted molar refractivity (Wildman–Crippen MR) is 127 cm³/mol. The van der Waals surface area contributed by atoms with E-state index in [0.29, 0.717) is 33.9 Å². The van der Waals surface area contributed by atoms with Gasteiger partial charge in [-0.3, -0.25) is 9.59 Å². The average molecular weight is 488 g/mol. The summed E-state index contributed by atoms with van der Waals surface area (Å²) in [7, 11) is 0. The van der Waals surface area contributed by atoms with Crippen LogP contribution in [-0.4, -0.2) is 35.1 Å². The van der Waals surface area contributed by atoms with E-state index in [9.17, 15) is 9.59 Å². The number of hydrogen-bond donors (Lipinski definition) is 1. The van der Waals surface area contributed by atoms with Crippen LogP contribution in [0.3, 0.4) is 0 Å². The summed E-state index contributed by atoms with van der Waals surface area (Å²) in [5.74, 6) is 0.422. The minimum atomic E-state index is -0.593. The first kappa shape index (κ1) is 24.9. The molecule has 4 nitrogen and oxygen atoms in total. The SMILES string of the molecule is CCCNC(=O)[C@H](C)N(Cc1ccc(Cl)cc1)C(=O)CSCc1c(Cl)cccc1Cl. The Morgan fingerprint density at radius 2 is 1.70 bits per heavy atom. The van der Waals surface area contributed by atoms with Crippen LogP contribution in [0.1, 0.15) is 31.4 Å². The Labute approximate surface area is 197 Å². The molecule has 2 aromatic carbocycles. The van der Waals surface area contributed by atoms with Crippen LogP contribution in [0.4, 0.5) is 0 Å². The van der Waals surface area contributed by atoms with E-state index in [4.69, 9.17) is 34.8 Å². The number of carbonyl (C=O) groups excluding carboxylic acids is 2. The maximum atomic E-state index is 13.0. The molecule has 30 heavy (non-hydrogen) atoms. The number of halogens is 3. The third-order valence-corrected chi connectivity index (χ3v) is 6.42. The maximum Gasteiger partial charge on any atom is 0.242 e. The highest BCUT2D eigenvalue weighted by molar-refractivity contribution is 7.99. The molecule has 0 saturated carbocycles. The molecule has 0 aliphatic heterocycles. The van der Waals surface area contributed by atoms with Crippen LogP contribution in [0.15, 0.2) is 42.5 Å². The zero-order valence-corrected chi connectivity index (χ0v) is 20.0. The third kappa shape index (κ3) is 7.38. The second-order valence-electron chi connectivity index (χ2n) is 6.81. The number of thioether (sulfide) groups is 1. The first-order chi connectivity index (χ1) is 14.3. The van der Waals surface area contributed by atoms with Crippen molar-refractivity contribution in [1.29, 1.82) is 0 Å². The number of nitrogens with zero attached hydrogens (tertiary/aromatic N) is 1. The monoisotopic (exact) mass is 486 g/mol. The summed E-state index contributed by atoms with van der Waals surface area (Å²) in [5.41, 5.74) is 1.71. The quantitative estimate of drug-likeness (QED) is 0.459. The molecule has 0 aliphatic carbocycles. The topological polar surface area (TPSA) is 49.4 Å². The van der Waals surface area contributed by atoms with Crippen LogP contribution < -0.4 is 5.32 Å². The van der Waals surface area contributed by atoms with Crippen LogP contribution in [0.25, 0.3) is 0 Å². The van der Waals surface area contributed by atoms with E-state index in [-0.39, 0.29) is 17.6 Å². The Hall–Kier alpha value is -1.40. The van der Waals surface area contributed by atoms with Gasteiger partial charge in [0, 0.05) is 33.9 Å². The Kier molecular flexibility index (Phi) is 10.3. The fraction of sp³-hybridized carbons (Fsp3) is 0.364. The molecule has 2 amide bonds. The standard InChI is InChI=1S/C22H25Cl3N2O2S/c1-3-11-26-22(29)15(2)27(12-16-7-9-17(23)10-8-16)21(28)14-30-13-18-19(24)5-4-6-20(18)25/h4-10,15H,3,11-14H2,1-2H3,(H,26,29)/t15-/m0/s1. The van der Waals surface area contributed by atoms with Crippen molar-refractivity contribution in [3.63, 3.8) is 0 Å². The molecule has 2 aromatic rings.